The van der Waals surface area contributed by atoms with Gasteiger partial charge in [-0.15, -0.1) is 0 Å². The van der Waals surface area contributed by atoms with E-state index in [1.54, 1.807) is 4.90 Å². The summed E-state index contributed by atoms with van der Waals surface area (Å²) in [4.78, 5) is 14.1. The lowest BCUT2D eigenvalue weighted by Gasteiger charge is -2.31. The van der Waals surface area contributed by atoms with Crippen molar-refractivity contribution >= 4 is 16.3 Å². The standard InChI is InChI=1S/C17H22NO3Si/c1-16(2,3)21-15(20)18-10-17(11-7-5-4-6-8-11)13(14(17)22)12(18)9-19/h4-8,12-14,19H,9-10H2,1-3H3/t12-,13?,14?,17+/m1/s1. The Labute approximate surface area is 134 Å². The SMILES string of the molecule is CC(C)(C)OC(=O)N1C[C@@]2(c3ccccc3)C([Si])C2[C@H]1CO. The zero-order valence-electron chi connectivity index (χ0n) is 13.2. The van der Waals surface area contributed by atoms with Gasteiger partial charge in [0.2, 0.25) is 0 Å². The van der Waals surface area contributed by atoms with E-state index in [4.69, 9.17) is 4.74 Å². The number of rotatable bonds is 2. The van der Waals surface area contributed by atoms with Gasteiger partial charge in [-0.05, 0) is 37.8 Å². The Hall–Kier alpha value is -1.33. The summed E-state index contributed by atoms with van der Waals surface area (Å²) < 4.78 is 5.50. The van der Waals surface area contributed by atoms with Crippen LogP contribution in [0.3, 0.4) is 0 Å². The molecule has 0 aromatic heterocycles. The number of piperidine rings is 1. The molecule has 1 amide bonds. The zero-order chi connectivity index (χ0) is 16.1. The Morgan fingerprint density at radius 3 is 2.59 bits per heavy atom. The van der Waals surface area contributed by atoms with Gasteiger partial charge in [0, 0.05) is 22.2 Å². The molecule has 1 N–H and O–H groups in total. The number of benzene rings is 1. The van der Waals surface area contributed by atoms with Crippen LogP contribution < -0.4 is 0 Å². The van der Waals surface area contributed by atoms with Crippen LogP contribution in [0.5, 0.6) is 0 Å². The minimum atomic E-state index is -0.531. The van der Waals surface area contributed by atoms with Gasteiger partial charge in [0.05, 0.1) is 12.6 Å². The first kappa shape index (κ1) is 15.6. The summed E-state index contributed by atoms with van der Waals surface area (Å²) in [5, 5.41) is 9.79. The molecule has 2 fully saturated rings. The molecule has 1 aromatic rings. The number of ether oxygens (including phenoxy) is 1. The number of carbonyl (C=O) groups excluding carboxylic acids is 1. The minimum Gasteiger partial charge on any atom is -0.444 e. The van der Waals surface area contributed by atoms with Crippen LogP contribution in [0.2, 0.25) is 5.54 Å². The van der Waals surface area contributed by atoms with Gasteiger partial charge >= 0.3 is 6.09 Å². The average molecular weight is 316 g/mol. The van der Waals surface area contributed by atoms with E-state index in [0.717, 1.165) is 0 Å². The second kappa shape index (κ2) is 5.10. The fraction of sp³-hybridized carbons (Fsp3) is 0.588. The lowest BCUT2D eigenvalue weighted by molar-refractivity contribution is 0.0131. The average Bonchev–Trinajstić information content (AvgIpc) is 2.89. The van der Waals surface area contributed by atoms with E-state index in [0.29, 0.717) is 6.54 Å². The molecule has 0 spiro atoms. The van der Waals surface area contributed by atoms with Crippen LogP contribution in [-0.2, 0) is 10.2 Å². The van der Waals surface area contributed by atoms with Crippen molar-refractivity contribution in [2.24, 2.45) is 5.92 Å². The number of likely N-dealkylation sites (tertiary alicyclic amines) is 1. The van der Waals surface area contributed by atoms with Gasteiger partial charge in [-0.3, -0.25) is 0 Å². The first-order valence-corrected chi connectivity index (χ1v) is 8.26. The smallest absolute Gasteiger partial charge is 0.410 e. The molecule has 2 aliphatic rings. The zero-order valence-corrected chi connectivity index (χ0v) is 14.2. The molecule has 1 aromatic carbocycles. The van der Waals surface area contributed by atoms with Crippen molar-refractivity contribution in [2.45, 2.75) is 43.4 Å². The summed E-state index contributed by atoms with van der Waals surface area (Å²) in [6.07, 6.45) is -0.340. The number of aliphatic hydroxyl groups is 1. The van der Waals surface area contributed by atoms with Gasteiger partial charge < -0.3 is 14.7 Å². The highest BCUT2D eigenvalue weighted by Gasteiger charge is 2.72. The van der Waals surface area contributed by atoms with Crippen molar-refractivity contribution in [3.63, 3.8) is 0 Å². The Morgan fingerprint density at radius 1 is 1.41 bits per heavy atom. The Kier molecular flexibility index (Phi) is 3.60. The third-order valence-electron chi connectivity index (χ3n) is 4.77. The molecule has 1 aliphatic heterocycles. The number of hydrogen-bond donors (Lipinski definition) is 1. The van der Waals surface area contributed by atoms with E-state index in [-0.39, 0.29) is 35.6 Å². The van der Waals surface area contributed by atoms with Gasteiger partial charge in [0.1, 0.15) is 5.60 Å². The molecule has 1 heterocycles. The number of fused-ring (bicyclic) bond motifs is 1. The van der Waals surface area contributed by atoms with E-state index in [9.17, 15) is 9.90 Å². The maximum Gasteiger partial charge on any atom is 0.410 e. The first-order valence-electron chi connectivity index (χ1n) is 7.68. The molecule has 0 bridgehead atoms. The van der Waals surface area contributed by atoms with Crippen molar-refractivity contribution in [3.05, 3.63) is 35.9 Å². The largest absolute Gasteiger partial charge is 0.444 e. The fourth-order valence-electron chi connectivity index (χ4n) is 3.78. The number of amides is 1. The third kappa shape index (κ3) is 2.27. The van der Waals surface area contributed by atoms with Crippen molar-refractivity contribution in [3.8, 4) is 0 Å². The van der Waals surface area contributed by atoms with E-state index >= 15 is 0 Å². The highest BCUT2D eigenvalue weighted by molar-refractivity contribution is 6.16. The summed E-state index contributed by atoms with van der Waals surface area (Å²) in [5.41, 5.74) is 0.856. The number of carbonyl (C=O) groups is 1. The quantitative estimate of drug-likeness (QED) is 0.850. The molecule has 4 nitrogen and oxygen atoms in total. The van der Waals surface area contributed by atoms with Crippen LogP contribution in [0, 0.1) is 5.92 Å². The molecule has 3 radical (unpaired) electrons. The van der Waals surface area contributed by atoms with Crippen LogP contribution in [-0.4, -0.2) is 51.1 Å². The molecule has 2 unspecified atom stereocenters. The lowest BCUT2D eigenvalue weighted by Crippen LogP contribution is -2.44. The maximum atomic E-state index is 12.5. The normalized spacial score (nSPS) is 33.5. The second-order valence-corrected chi connectivity index (χ2v) is 7.89. The molecule has 117 valence electrons. The Bertz CT molecular complexity index is 571. The molecule has 4 atom stereocenters. The predicted molar refractivity (Wildman–Crippen MR) is 84.9 cm³/mol. The van der Waals surface area contributed by atoms with Gasteiger partial charge in [-0.1, -0.05) is 30.3 Å². The molecule has 3 rings (SSSR count). The monoisotopic (exact) mass is 316 g/mol. The predicted octanol–water partition coefficient (Wildman–Crippen LogP) is 2.12. The van der Waals surface area contributed by atoms with Crippen LogP contribution >= 0.6 is 0 Å². The molecule has 1 aliphatic carbocycles. The van der Waals surface area contributed by atoms with E-state index in [1.165, 1.54) is 5.56 Å². The molecular weight excluding hydrogens is 294 g/mol. The van der Waals surface area contributed by atoms with Gasteiger partial charge in [0.25, 0.3) is 0 Å². The van der Waals surface area contributed by atoms with E-state index in [2.05, 4.69) is 22.4 Å². The molecule has 1 saturated heterocycles. The van der Waals surface area contributed by atoms with E-state index < -0.39 is 5.60 Å². The van der Waals surface area contributed by atoms with Crippen molar-refractivity contribution in [1.82, 2.24) is 4.90 Å². The fourth-order valence-corrected chi connectivity index (χ4v) is 4.65. The lowest BCUT2D eigenvalue weighted by atomic mass is 9.94. The topological polar surface area (TPSA) is 49.8 Å². The summed E-state index contributed by atoms with van der Waals surface area (Å²) in [6, 6.07) is 10.0. The summed E-state index contributed by atoms with van der Waals surface area (Å²) in [7, 11) is 3.81. The van der Waals surface area contributed by atoms with Gasteiger partial charge in [0.15, 0.2) is 0 Å². The summed E-state index contributed by atoms with van der Waals surface area (Å²) >= 11 is 0. The first-order chi connectivity index (χ1) is 10.3. The van der Waals surface area contributed by atoms with Crippen LogP contribution in [0.1, 0.15) is 26.3 Å². The summed E-state index contributed by atoms with van der Waals surface area (Å²) in [5.74, 6) is 0.226. The highest BCUT2D eigenvalue weighted by Crippen LogP contribution is 2.69. The molecular formula is C17H22NO3Si. The second-order valence-electron chi connectivity index (χ2n) is 7.27. The molecule has 22 heavy (non-hydrogen) atoms. The Balaban J connectivity index is 1.87. The molecule has 1 saturated carbocycles. The third-order valence-corrected chi connectivity index (χ3v) is 5.65. The van der Waals surface area contributed by atoms with E-state index in [1.807, 2.05) is 39.0 Å². The van der Waals surface area contributed by atoms with Crippen molar-refractivity contribution < 1.29 is 14.6 Å². The van der Waals surface area contributed by atoms with Crippen LogP contribution in [0.25, 0.3) is 0 Å². The van der Waals surface area contributed by atoms with Gasteiger partial charge in [-0.2, -0.15) is 0 Å². The number of nitrogens with zero attached hydrogens (tertiary/aromatic N) is 1. The number of aliphatic hydroxyl groups excluding tert-OH is 1. The molecule has 5 heteroatoms. The summed E-state index contributed by atoms with van der Waals surface area (Å²) in [6.45, 7) is 6.11. The highest BCUT2D eigenvalue weighted by atomic mass is 28.1. The minimum absolute atomic E-state index is 0.0422. The van der Waals surface area contributed by atoms with Crippen LogP contribution in [0.15, 0.2) is 30.3 Å². The van der Waals surface area contributed by atoms with Crippen molar-refractivity contribution in [1.29, 1.82) is 0 Å². The maximum absolute atomic E-state index is 12.5. The van der Waals surface area contributed by atoms with Crippen LogP contribution in [0.4, 0.5) is 4.79 Å². The van der Waals surface area contributed by atoms with Crippen molar-refractivity contribution in [2.75, 3.05) is 13.2 Å². The Morgan fingerprint density at radius 2 is 2.05 bits per heavy atom. The number of hydrogen-bond acceptors (Lipinski definition) is 3. The van der Waals surface area contributed by atoms with Gasteiger partial charge in [-0.25, -0.2) is 4.79 Å².